The molecule has 0 amide bonds. The van der Waals surface area contributed by atoms with Crippen LogP contribution in [-0.2, 0) is 0 Å². The number of rotatable bonds is 5. The summed E-state index contributed by atoms with van der Waals surface area (Å²) in [7, 11) is 4.79. The number of likely N-dealkylation sites (tertiary alicyclic amines) is 1. The highest BCUT2D eigenvalue weighted by Crippen LogP contribution is 2.51. The number of benzene rings is 1. The molecule has 0 unspecified atom stereocenters. The molecule has 2 fully saturated rings. The molecule has 1 aliphatic heterocycles. The molecule has 1 heterocycles. The van der Waals surface area contributed by atoms with Crippen LogP contribution >= 0.6 is 0 Å². The van der Waals surface area contributed by atoms with Crippen molar-refractivity contribution in [1.82, 2.24) is 4.90 Å². The maximum Gasteiger partial charge on any atom is 0.203 e. The standard InChI is InChI=1S/C20H28N2O4/c1-24-16-12-14(13-17(25-2)19(16)26-3)18-15-6-4-5-7-20(15,23)8-10-22(18)11-9-21/h12-13,15,18,23H,4-8,10-11H2,1-3H3/t15-,18-,20+/m0/s1. The van der Waals surface area contributed by atoms with E-state index in [-0.39, 0.29) is 12.0 Å². The second kappa shape index (κ2) is 7.73. The van der Waals surface area contributed by atoms with Crippen molar-refractivity contribution in [3.05, 3.63) is 17.7 Å². The molecule has 1 saturated heterocycles. The van der Waals surface area contributed by atoms with Crippen LogP contribution < -0.4 is 14.2 Å². The van der Waals surface area contributed by atoms with Crippen LogP contribution in [0.3, 0.4) is 0 Å². The highest BCUT2D eigenvalue weighted by Gasteiger charge is 2.49. The van der Waals surface area contributed by atoms with Crippen molar-refractivity contribution < 1.29 is 19.3 Å². The van der Waals surface area contributed by atoms with Gasteiger partial charge < -0.3 is 19.3 Å². The fraction of sp³-hybridized carbons (Fsp3) is 0.650. The van der Waals surface area contributed by atoms with Crippen molar-refractivity contribution in [2.75, 3.05) is 34.4 Å². The quantitative estimate of drug-likeness (QED) is 0.814. The van der Waals surface area contributed by atoms with E-state index in [9.17, 15) is 10.4 Å². The van der Waals surface area contributed by atoms with E-state index in [0.29, 0.717) is 30.3 Å². The van der Waals surface area contributed by atoms with Gasteiger partial charge in [0.2, 0.25) is 5.75 Å². The highest BCUT2D eigenvalue weighted by molar-refractivity contribution is 5.54. The van der Waals surface area contributed by atoms with Gasteiger partial charge in [-0.2, -0.15) is 5.26 Å². The van der Waals surface area contributed by atoms with Crippen molar-refractivity contribution in [1.29, 1.82) is 5.26 Å². The Morgan fingerprint density at radius 2 is 1.85 bits per heavy atom. The number of methoxy groups -OCH3 is 3. The molecule has 3 atom stereocenters. The van der Waals surface area contributed by atoms with E-state index in [4.69, 9.17) is 14.2 Å². The summed E-state index contributed by atoms with van der Waals surface area (Å²) >= 11 is 0. The van der Waals surface area contributed by atoms with Gasteiger partial charge >= 0.3 is 0 Å². The molecule has 3 rings (SSSR count). The zero-order valence-corrected chi connectivity index (χ0v) is 15.8. The summed E-state index contributed by atoms with van der Waals surface area (Å²) in [5.74, 6) is 1.86. The number of nitrogens with zero attached hydrogens (tertiary/aromatic N) is 2. The van der Waals surface area contributed by atoms with Gasteiger partial charge in [0.25, 0.3) is 0 Å². The minimum Gasteiger partial charge on any atom is -0.493 e. The van der Waals surface area contributed by atoms with E-state index in [2.05, 4.69) is 11.0 Å². The SMILES string of the molecule is COc1cc([C@H]2[C@@H]3CCCC[C@@]3(O)CCN2CC#N)cc(OC)c1OC. The third kappa shape index (κ3) is 3.22. The zero-order valence-electron chi connectivity index (χ0n) is 15.8. The van der Waals surface area contributed by atoms with Gasteiger partial charge in [0, 0.05) is 18.5 Å². The smallest absolute Gasteiger partial charge is 0.203 e. The van der Waals surface area contributed by atoms with Crippen LogP contribution in [0.4, 0.5) is 0 Å². The van der Waals surface area contributed by atoms with Gasteiger partial charge in [0.15, 0.2) is 11.5 Å². The van der Waals surface area contributed by atoms with Gasteiger partial charge in [-0.3, -0.25) is 4.90 Å². The van der Waals surface area contributed by atoms with E-state index in [1.165, 1.54) is 0 Å². The van der Waals surface area contributed by atoms with Crippen LogP contribution in [0.2, 0.25) is 0 Å². The molecular formula is C20H28N2O4. The first kappa shape index (κ1) is 18.8. The van der Waals surface area contributed by atoms with Crippen molar-refractivity contribution in [2.24, 2.45) is 5.92 Å². The first-order valence-electron chi connectivity index (χ1n) is 9.21. The third-order valence-corrected chi connectivity index (χ3v) is 5.97. The molecule has 0 radical (unpaired) electrons. The number of ether oxygens (including phenoxy) is 3. The average molecular weight is 360 g/mol. The number of aliphatic hydroxyl groups is 1. The second-order valence-electron chi connectivity index (χ2n) is 7.24. The fourth-order valence-electron chi connectivity index (χ4n) is 4.73. The molecule has 0 aromatic heterocycles. The highest BCUT2D eigenvalue weighted by atomic mass is 16.5. The predicted molar refractivity (Wildman–Crippen MR) is 97.5 cm³/mol. The summed E-state index contributed by atoms with van der Waals surface area (Å²) in [6.07, 6.45) is 4.68. The molecule has 1 aliphatic carbocycles. The van der Waals surface area contributed by atoms with Crippen LogP contribution in [0.25, 0.3) is 0 Å². The Hall–Kier alpha value is -1.97. The Balaban J connectivity index is 2.08. The largest absolute Gasteiger partial charge is 0.493 e. The van der Waals surface area contributed by atoms with Crippen molar-refractivity contribution in [3.8, 4) is 23.3 Å². The number of hydrogen-bond donors (Lipinski definition) is 1. The number of nitriles is 1. The summed E-state index contributed by atoms with van der Waals surface area (Å²) < 4.78 is 16.5. The normalized spacial score (nSPS) is 28.7. The summed E-state index contributed by atoms with van der Waals surface area (Å²) in [5, 5.41) is 20.6. The zero-order chi connectivity index (χ0) is 18.7. The Bertz CT molecular complexity index is 662. The Morgan fingerprint density at radius 1 is 1.15 bits per heavy atom. The van der Waals surface area contributed by atoms with Crippen LogP contribution in [0, 0.1) is 17.2 Å². The molecule has 1 aromatic carbocycles. The van der Waals surface area contributed by atoms with E-state index < -0.39 is 5.60 Å². The molecule has 0 bridgehead atoms. The number of fused-ring (bicyclic) bond motifs is 1. The Morgan fingerprint density at radius 3 is 2.42 bits per heavy atom. The van der Waals surface area contributed by atoms with E-state index in [1.54, 1.807) is 21.3 Å². The van der Waals surface area contributed by atoms with Crippen LogP contribution in [-0.4, -0.2) is 50.0 Å². The Labute approximate surface area is 155 Å². The summed E-state index contributed by atoms with van der Waals surface area (Å²) in [6.45, 7) is 1.05. The number of hydrogen-bond acceptors (Lipinski definition) is 6. The van der Waals surface area contributed by atoms with Gasteiger partial charge in [0.1, 0.15) is 0 Å². The fourth-order valence-corrected chi connectivity index (χ4v) is 4.73. The second-order valence-corrected chi connectivity index (χ2v) is 7.24. The molecule has 0 spiro atoms. The van der Waals surface area contributed by atoms with Gasteiger partial charge in [-0.1, -0.05) is 12.8 Å². The molecule has 1 aromatic rings. The molecule has 6 heteroatoms. The maximum atomic E-state index is 11.3. The molecule has 26 heavy (non-hydrogen) atoms. The molecule has 2 aliphatic rings. The third-order valence-electron chi connectivity index (χ3n) is 5.97. The van der Waals surface area contributed by atoms with Gasteiger partial charge in [-0.05, 0) is 37.0 Å². The van der Waals surface area contributed by atoms with Crippen molar-refractivity contribution in [3.63, 3.8) is 0 Å². The monoisotopic (exact) mass is 360 g/mol. The molecule has 1 saturated carbocycles. The lowest BCUT2D eigenvalue weighted by atomic mass is 9.66. The lowest BCUT2D eigenvalue weighted by molar-refractivity contribution is -0.121. The van der Waals surface area contributed by atoms with E-state index in [0.717, 1.165) is 37.7 Å². The van der Waals surface area contributed by atoms with Crippen LogP contribution in [0.1, 0.15) is 43.7 Å². The van der Waals surface area contributed by atoms with Crippen LogP contribution in [0.15, 0.2) is 12.1 Å². The van der Waals surface area contributed by atoms with Gasteiger partial charge in [0.05, 0.1) is 39.5 Å². The van der Waals surface area contributed by atoms with Gasteiger partial charge in [-0.25, -0.2) is 0 Å². The number of piperidine rings is 1. The summed E-state index contributed by atoms with van der Waals surface area (Å²) in [6, 6.07) is 6.15. The molecule has 142 valence electrons. The Kier molecular flexibility index (Phi) is 5.59. The molecule has 1 N–H and O–H groups in total. The minimum absolute atomic E-state index is 0.0394. The first-order chi connectivity index (χ1) is 12.6. The summed E-state index contributed by atoms with van der Waals surface area (Å²) in [4.78, 5) is 2.17. The van der Waals surface area contributed by atoms with Crippen LogP contribution in [0.5, 0.6) is 17.2 Å². The maximum absolute atomic E-state index is 11.3. The molecule has 6 nitrogen and oxygen atoms in total. The van der Waals surface area contributed by atoms with Crippen molar-refractivity contribution >= 4 is 0 Å². The average Bonchev–Trinajstić information content (AvgIpc) is 2.66. The lowest BCUT2D eigenvalue weighted by Crippen LogP contribution is -2.54. The molecular weight excluding hydrogens is 332 g/mol. The minimum atomic E-state index is -0.657. The topological polar surface area (TPSA) is 75.0 Å². The predicted octanol–water partition coefficient (Wildman–Crippen LogP) is 2.90. The van der Waals surface area contributed by atoms with Crippen molar-refractivity contribution in [2.45, 2.75) is 43.7 Å². The van der Waals surface area contributed by atoms with Gasteiger partial charge in [-0.15, -0.1) is 0 Å². The first-order valence-corrected chi connectivity index (χ1v) is 9.21. The van der Waals surface area contributed by atoms with E-state index in [1.807, 2.05) is 12.1 Å². The van der Waals surface area contributed by atoms with E-state index >= 15 is 0 Å². The summed E-state index contributed by atoms with van der Waals surface area (Å²) in [5.41, 5.74) is 0.342. The lowest BCUT2D eigenvalue weighted by Gasteiger charge is -2.52.